The lowest BCUT2D eigenvalue weighted by Gasteiger charge is -2.21. The Morgan fingerprint density at radius 2 is 0.697 bits per heavy atom. The van der Waals surface area contributed by atoms with Crippen molar-refractivity contribution < 1.29 is 52.2 Å². The van der Waals surface area contributed by atoms with Crippen molar-refractivity contribution >= 4 is 25.7 Å². The fourth-order valence-corrected chi connectivity index (χ4v) is 8.22. The molecule has 0 saturated heterocycles. The molecule has 0 bridgehead atoms. The highest BCUT2D eigenvalue weighted by atomic mass is 31.2. The fourth-order valence-electron chi connectivity index (χ4n) is 7.44. The number of hydrogen-bond acceptors (Lipinski definition) is 10. The van der Waals surface area contributed by atoms with Crippen molar-refractivity contribution in [1.29, 1.82) is 0 Å². The van der Waals surface area contributed by atoms with E-state index in [0.717, 1.165) is 141 Å². The van der Waals surface area contributed by atoms with Gasteiger partial charge in [0, 0.05) is 19.3 Å². The van der Waals surface area contributed by atoms with Gasteiger partial charge in [0.25, 0.3) is 0 Å². The highest BCUT2D eigenvalue weighted by Gasteiger charge is 2.28. The van der Waals surface area contributed by atoms with Gasteiger partial charge in [-0.15, -0.1) is 0 Å². The number of allylic oxidation sites excluding steroid dienone is 20. The van der Waals surface area contributed by atoms with Crippen LogP contribution in [0.1, 0.15) is 226 Å². The van der Waals surface area contributed by atoms with Crippen molar-refractivity contribution in [3.8, 4) is 0 Å². The van der Waals surface area contributed by atoms with Crippen LogP contribution in [0.2, 0.25) is 0 Å². The standard InChI is InChI=1S/C64H105O11P/c1-4-7-10-13-16-19-22-25-28-30-33-35-38-41-44-47-50-53-62(66)71-57-61(75-64(68)55-52-49-46-43-40-37-34-31-29-26-23-20-17-14-11-8-5-2)59-73-76(69,70)72-58-60(56-65)74-63(67)54-51-48-45-42-39-36-32-27-24-21-18-15-12-9-6-3/h7-8,10-11,16-21,25-29,32-33,35,41,44,60-61,65H,4-6,9,12-15,22-24,30-31,34,36-40,42-43,45-59H2,1-3H3,(H,69,70)/b10-7-,11-8-,19-16-,20-17-,21-18-,28-25-,29-26-,32-27-,35-33-,44-41-. The second-order valence-electron chi connectivity index (χ2n) is 19.0. The molecule has 76 heavy (non-hydrogen) atoms. The van der Waals surface area contributed by atoms with Crippen LogP contribution >= 0.6 is 7.82 Å². The van der Waals surface area contributed by atoms with Gasteiger partial charge in [-0.3, -0.25) is 23.4 Å². The Labute approximate surface area is 462 Å². The summed E-state index contributed by atoms with van der Waals surface area (Å²) in [7, 11) is -4.78. The van der Waals surface area contributed by atoms with Crippen molar-refractivity contribution in [1.82, 2.24) is 0 Å². The van der Waals surface area contributed by atoms with Gasteiger partial charge in [-0.05, 0) is 122 Å². The van der Waals surface area contributed by atoms with Gasteiger partial charge in [-0.2, -0.15) is 0 Å². The summed E-state index contributed by atoms with van der Waals surface area (Å²) in [5, 5.41) is 9.82. The molecule has 0 amide bonds. The van der Waals surface area contributed by atoms with Gasteiger partial charge in [0.2, 0.25) is 0 Å². The Morgan fingerprint density at radius 1 is 0.382 bits per heavy atom. The minimum atomic E-state index is -4.78. The van der Waals surface area contributed by atoms with E-state index >= 15 is 0 Å². The van der Waals surface area contributed by atoms with Crippen LogP contribution < -0.4 is 0 Å². The van der Waals surface area contributed by atoms with E-state index in [1.165, 1.54) is 19.3 Å². The van der Waals surface area contributed by atoms with E-state index in [4.69, 9.17) is 23.3 Å². The average Bonchev–Trinajstić information content (AvgIpc) is 3.41. The number of unbranched alkanes of at least 4 members (excludes halogenated alkanes) is 16. The number of hydrogen-bond donors (Lipinski definition) is 2. The summed E-state index contributed by atoms with van der Waals surface area (Å²) in [5.41, 5.74) is 0. The largest absolute Gasteiger partial charge is 0.472 e. The summed E-state index contributed by atoms with van der Waals surface area (Å²) in [6.45, 7) is 4.29. The Kier molecular flexibility index (Phi) is 54.0. The third-order valence-electron chi connectivity index (χ3n) is 11.8. The molecular weight excluding hydrogens is 976 g/mol. The molecule has 0 aromatic carbocycles. The molecule has 0 aliphatic heterocycles. The SMILES string of the molecule is CC/C=C\C/C=C\C/C=C\C/C=C\C/C=C\CCCC(=O)OCC(COP(=O)(O)OCC(CO)OC(=O)CCCCCCC/C=C\C/C=C\CCCCC)OC(=O)CCCCCCCCC/C=C\C/C=C\C/C=C\CC. The number of aliphatic hydroxyl groups excluding tert-OH is 1. The summed E-state index contributed by atoms with van der Waals surface area (Å²) >= 11 is 0. The lowest BCUT2D eigenvalue weighted by Crippen LogP contribution is -2.30. The number of carbonyl (C=O) groups excluding carboxylic acids is 3. The van der Waals surface area contributed by atoms with E-state index in [0.29, 0.717) is 25.7 Å². The first-order valence-corrected chi connectivity index (χ1v) is 30.9. The number of carbonyl (C=O) groups is 3. The molecular formula is C64H105O11P. The number of aliphatic hydroxyl groups is 1. The maximum atomic E-state index is 12.9. The molecule has 3 atom stereocenters. The van der Waals surface area contributed by atoms with Gasteiger partial charge in [0.15, 0.2) is 6.10 Å². The Bertz CT molecular complexity index is 1740. The first-order valence-electron chi connectivity index (χ1n) is 29.4. The van der Waals surface area contributed by atoms with Crippen LogP contribution in [0.3, 0.4) is 0 Å². The Hall–Kier alpha value is -4.12. The van der Waals surface area contributed by atoms with Gasteiger partial charge < -0.3 is 24.2 Å². The minimum absolute atomic E-state index is 0.137. The second kappa shape index (κ2) is 57.1. The smallest absolute Gasteiger partial charge is 0.462 e. The Morgan fingerprint density at radius 3 is 1.09 bits per heavy atom. The second-order valence-corrected chi connectivity index (χ2v) is 20.5. The van der Waals surface area contributed by atoms with Crippen LogP contribution in [0.5, 0.6) is 0 Å². The zero-order valence-corrected chi connectivity index (χ0v) is 48.6. The zero-order valence-electron chi connectivity index (χ0n) is 47.7. The van der Waals surface area contributed by atoms with E-state index in [1.54, 1.807) is 0 Å². The van der Waals surface area contributed by atoms with Crippen LogP contribution in [-0.2, 0) is 42.2 Å². The van der Waals surface area contributed by atoms with Crippen molar-refractivity contribution in [2.75, 3.05) is 26.4 Å². The molecule has 0 fully saturated rings. The molecule has 12 heteroatoms. The fraction of sp³-hybridized carbons (Fsp3) is 0.641. The van der Waals surface area contributed by atoms with E-state index in [2.05, 4.69) is 136 Å². The van der Waals surface area contributed by atoms with E-state index in [1.807, 2.05) is 6.08 Å². The number of ether oxygens (including phenoxy) is 3. The number of phosphoric ester groups is 1. The van der Waals surface area contributed by atoms with Crippen LogP contribution in [-0.4, -0.2) is 66.5 Å². The third-order valence-corrected chi connectivity index (χ3v) is 12.8. The first kappa shape index (κ1) is 71.9. The normalized spacial score (nSPS) is 14.2. The van der Waals surface area contributed by atoms with E-state index < -0.39 is 57.8 Å². The maximum Gasteiger partial charge on any atom is 0.472 e. The minimum Gasteiger partial charge on any atom is -0.462 e. The molecule has 0 radical (unpaired) electrons. The van der Waals surface area contributed by atoms with Crippen LogP contribution in [0.4, 0.5) is 0 Å². The molecule has 2 N–H and O–H groups in total. The van der Waals surface area contributed by atoms with Gasteiger partial charge in [-0.25, -0.2) is 4.57 Å². The summed E-state index contributed by atoms with van der Waals surface area (Å²) in [6, 6.07) is 0. The van der Waals surface area contributed by atoms with Gasteiger partial charge in [0.1, 0.15) is 12.7 Å². The van der Waals surface area contributed by atoms with Crippen molar-refractivity contribution in [2.24, 2.45) is 0 Å². The number of esters is 3. The summed E-state index contributed by atoms with van der Waals surface area (Å²) < 4.78 is 39.5. The van der Waals surface area contributed by atoms with E-state index in [9.17, 15) is 28.9 Å². The number of rotatable bonds is 53. The predicted octanol–water partition coefficient (Wildman–Crippen LogP) is 17.6. The summed E-state index contributed by atoms with van der Waals surface area (Å²) in [4.78, 5) is 48.6. The molecule has 3 unspecified atom stereocenters. The van der Waals surface area contributed by atoms with E-state index in [-0.39, 0.29) is 25.9 Å². The molecule has 0 saturated carbocycles. The molecule has 432 valence electrons. The summed E-state index contributed by atoms with van der Waals surface area (Å²) in [6.07, 6.45) is 70.1. The summed E-state index contributed by atoms with van der Waals surface area (Å²) in [5.74, 6) is -1.57. The third kappa shape index (κ3) is 54.7. The van der Waals surface area contributed by atoms with Crippen molar-refractivity contribution in [2.45, 2.75) is 238 Å². The van der Waals surface area contributed by atoms with Crippen LogP contribution in [0.15, 0.2) is 122 Å². The number of phosphoric acid groups is 1. The highest BCUT2D eigenvalue weighted by molar-refractivity contribution is 7.47. The highest BCUT2D eigenvalue weighted by Crippen LogP contribution is 2.43. The monoisotopic (exact) mass is 1080 g/mol. The first-order chi connectivity index (χ1) is 37.2. The molecule has 0 aromatic rings. The van der Waals surface area contributed by atoms with Crippen LogP contribution in [0.25, 0.3) is 0 Å². The molecule has 11 nitrogen and oxygen atoms in total. The topological polar surface area (TPSA) is 155 Å². The molecule has 0 spiro atoms. The zero-order chi connectivity index (χ0) is 55.5. The van der Waals surface area contributed by atoms with Gasteiger partial charge in [0.05, 0.1) is 19.8 Å². The van der Waals surface area contributed by atoms with Crippen LogP contribution in [0, 0.1) is 0 Å². The van der Waals surface area contributed by atoms with Gasteiger partial charge in [-0.1, -0.05) is 206 Å². The lowest BCUT2D eigenvalue weighted by molar-refractivity contribution is -0.161. The Balaban J connectivity index is 4.84. The molecule has 0 heterocycles. The predicted molar refractivity (Wildman–Crippen MR) is 316 cm³/mol. The van der Waals surface area contributed by atoms with Crippen molar-refractivity contribution in [3.63, 3.8) is 0 Å². The lowest BCUT2D eigenvalue weighted by atomic mass is 10.1. The quantitative estimate of drug-likeness (QED) is 0.0197. The molecule has 0 rings (SSSR count). The van der Waals surface area contributed by atoms with Gasteiger partial charge >= 0.3 is 25.7 Å². The average molecular weight is 1080 g/mol. The molecule has 0 aromatic heterocycles. The van der Waals surface area contributed by atoms with Crippen molar-refractivity contribution in [3.05, 3.63) is 122 Å². The molecule has 0 aliphatic carbocycles. The molecule has 0 aliphatic rings. The maximum absolute atomic E-state index is 12.9.